The molecule has 0 bridgehead atoms. The van der Waals surface area contributed by atoms with Crippen molar-refractivity contribution in [3.05, 3.63) is 23.9 Å². The summed E-state index contributed by atoms with van der Waals surface area (Å²) in [5.41, 5.74) is 1.33. The monoisotopic (exact) mass is 247 g/mol. The Kier molecular flexibility index (Phi) is 4.59. The highest BCUT2D eigenvalue weighted by molar-refractivity contribution is 5.41. The van der Waals surface area contributed by atoms with Gasteiger partial charge in [-0.15, -0.1) is 0 Å². The van der Waals surface area contributed by atoms with E-state index in [9.17, 15) is 0 Å². The van der Waals surface area contributed by atoms with Crippen LogP contribution in [0.1, 0.15) is 39.2 Å². The summed E-state index contributed by atoms with van der Waals surface area (Å²) in [5.74, 6) is 2.01. The minimum atomic E-state index is 0.525. The molecule has 0 amide bonds. The van der Waals surface area contributed by atoms with Gasteiger partial charge in [-0.2, -0.15) is 0 Å². The summed E-state index contributed by atoms with van der Waals surface area (Å²) in [7, 11) is 0. The number of aromatic nitrogens is 1. The highest BCUT2D eigenvalue weighted by Crippen LogP contribution is 2.21. The van der Waals surface area contributed by atoms with Gasteiger partial charge in [0.25, 0.3) is 0 Å². The number of nitrogens with one attached hydrogen (secondary N) is 1. The molecule has 100 valence electrons. The maximum atomic E-state index is 4.51. The number of rotatable bonds is 4. The van der Waals surface area contributed by atoms with Gasteiger partial charge in [0.2, 0.25) is 0 Å². The second-order valence-electron chi connectivity index (χ2n) is 5.73. The fourth-order valence-corrected chi connectivity index (χ4v) is 2.30. The normalized spacial score (nSPS) is 17.4. The summed E-state index contributed by atoms with van der Waals surface area (Å²) in [6.45, 7) is 9.91. The Morgan fingerprint density at radius 2 is 2.11 bits per heavy atom. The molecule has 1 aliphatic rings. The van der Waals surface area contributed by atoms with Crippen molar-refractivity contribution in [1.29, 1.82) is 0 Å². The molecular formula is C15H25N3. The molecule has 3 heteroatoms. The Morgan fingerprint density at radius 3 is 2.78 bits per heavy atom. The van der Waals surface area contributed by atoms with E-state index in [4.69, 9.17) is 0 Å². The van der Waals surface area contributed by atoms with Gasteiger partial charge in [-0.05, 0) is 36.5 Å². The number of piperidine rings is 1. The first kappa shape index (κ1) is 13.3. The third kappa shape index (κ3) is 3.70. The Hall–Kier alpha value is -1.09. The van der Waals surface area contributed by atoms with Crippen LogP contribution in [0.3, 0.4) is 0 Å². The van der Waals surface area contributed by atoms with Crippen molar-refractivity contribution in [3.8, 4) is 0 Å². The number of hydrogen-bond acceptors (Lipinski definition) is 3. The van der Waals surface area contributed by atoms with E-state index in [1.807, 2.05) is 6.20 Å². The smallest absolute Gasteiger partial charge is 0.128 e. The molecule has 2 heterocycles. The van der Waals surface area contributed by atoms with E-state index in [1.54, 1.807) is 0 Å². The van der Waals surface area contributed by atoms with Gasteiger partial charge in [0, 0.05) is 31.9 Å². The summed E-state index contributed by atoms with van der Waals surface area (Å²) in [6, 6.07) is 4.86. The van der Waals surface area contributed by atoms with Crippen LogP contribution in [0, 0.1) is 5.92 Å². The summed E-state index contributed by atoms with van der Waals surface area (Å²) in [6.07, 6.45) is 4.51. The van der Waals surface area contributed by atoms with Crippen molar-refractivity contribution >= 4 is 5.82 Å². The molecule has 0 saturated carbocycles. The molecule has 0 atom stereocenters. The van der Waals surface area contributed by atoms with Crippen LogP contribution in [-0.2, 0) is 6.54 Å². The van der Waals surface area contributed by atoms with Gasteiger partial charge in [0.15, 0.2) is 0 Å². The number of nitrogens with zero attached hydrogens (tertiary/aromatic N) is 2. The second kappa shape index (κ2) is 6.19. The zero-order chi connectivity index (χ0) is 13.0. The zero-order valence-electron chi connectivity index (χ0n) is 11.8. The number of anilines is 1. The molecule has 2 rings (SSSR count). The Balaban J connectivity index is 1.98. The molecule has 18 heavy (non-hydrogen) atoms. The van der Waals surface area contributed by atoms with Crippen LogP contribution in [0.4, 0.5) is 5.82 Å². The lowest BCUT2D eigenvalue weighted by molar-refractivity contribution is 0.436. The van der Waals surface area contributed by atoms with E-state index in [2.05, 4.69) is 48.1 Å². The van der Waals surface area contributed by atoms with Gasteiger partial charge in [0.05, 0.1) is 0 Å². The molecule has 1 fully saturated rings. The molecule has 3 nitrogen and oxygen atoms in total. The zero-order valence-corrected chi connectivity index (χ0v) is 11.8. The standard InChI is InChI=1S/C15H25N3/c1-12(2)17-11-14-4-7-16-15(10-14)18-8-5-13(3)6-9-18/h4,7,10,12-13,17H,5-6,8-9,11H2,1-3H3. The summed E-state index contributed by atoms with van der Waals surface area (Å²) in [4.78, 5) is 6.93. The minimum Gasteiger partial charge on any atom is -0.357 e. The average Bonchev–Trinajstić information content (AvgIpc) is 2.37. The first-order valence-corrected chi connectivity index (χ1v) is 7.08. The molecule has 1 aliphatic heterocycles. The lowest BCUT2D eigenvalue weighted by Crippen LogP contribution is -2.33. The van der Waals surface area contributed by atoms with E-state index in [1.165, 1.54) is 18.4 Å². The summed E-state index contributed by atoms with van der Waals surface area (Å²) >= 11 is 0. The van der Waals surface area contributed by atoms with Crippen LogP contribution < -0.4 is 10.2 Å². The molecule has 0 spiro atoms. The van der Waals surface area contributed by atoms with Crippen molar-refractivity contribution in [2.24, 2.45) is 5.92 Å². The van der Waals surface area contributed by atoms with Crippen LogP contribution in [-0.4, -0.2) is 24.1 Å². The fourth-order valence-electron chi connectivity index (χ4n) is 2.30. The summed E-state index contributed by atoms with van der Waals surface area (Å²) in [5, 5.41) is 3.45. The Bertz CT molecular complexity index is 368. The molecule has 1 saturated heterocycles. The van der Waals surface area contributed by atoms with Crippen LogP contribution in [0.15, 0.2) is 18.3 Å². The van der Waals surface area contributed by atoms with Crippen molar-refractivity contribution in [3.63, 3.8) is 0 Å². The Labute approximate surface area is 111 Å². The number of pyridine rings is 1. The first-order chi connectivity index (χ1) is 8.65. The fraction of sp³-hybridized carbons (Fsp3) is 0.667. The minimum absolute atomic E-state index is 0.525. The van der Waals surface area contributed by atoms with Crippen molar-refractivity contribution in [1.82, 2.24) is 10.3 Å². The predicted molar refractivity (Wildman–Crippen MR) is 76.8 cm³/mol. The molecule has 0 radical (unpaired) electrons. The van der Waals surface area contributed by atoms with E-state index in [-0.39, 0.29) is 0 Å². The number of hydrogen-bond donors (Lipinski definition) is 1. The first-order valence-electron chi connectivity index (χ1n) is 7.08. The highest BCUT2D eigenvalue weighted by Gasteiger charge is 2.16. The lowest BCUT2D eigenvalue weighted by Gasteiger charge is -2.31. The maximum absolute atomic E-state index is 4.51. The van der Waals surface area contributed by atoms with Gasteiger partial charge < -0.3 is 10.2 Å². The van der Waals surface area contributed by atoms with Crippen molar-refractivity contribution in [2.45, 2.75) is 46.2 Å². The van der Waals surface area contributed by atoms with E-state index in [0.29, 0.717) is 6.04 Å². The van der Waals surface area contributed by atoms with Gasteiger partial charge in [-0.3, -0.25) is 0 Å². The van der Waals surface area contributed by atoms with Crippen LogP contribution in [0.5, 0.6) is 0 Å². The molecule has 1 aromatic rings. The predicted octanol–water partition coefficient (Wildman–Crippen LogP) is 2.82. The summed E-state index contributed by atoms with van der Waals surface area (Å²) < 4.78 is 0. The topological polar surface area (TPSA) is 28.2 Å². The molecule has 0 unspecified atom stereocenters. The third-order valence-corrected chi connectivity index (χ3v) is 3.63. The van der Waals surface area contributed by atoms with E-state index in [0.717, 1.165) is 31.4 Å². The lowest BCUT2D eigenvalue weighted by atomic mass is 9.99. The molecular weight excluding hydrogens is 222 g/mol. The Morgan fingerprint density at radius 1 is 1.39 bits per heavy atom. The van der Waals surface area contributed by atoms with Crippen LogP contribution >= 0.6 is 0 Å². The highest BCUT2D eigenvalue weighted by atomic mass is 15.2. The third-order valence-electron chi connectivity index (χ3n) is 3.63. The quantitative estimate of drug-likeness (QED) is 0.887. The second-order valence-corrected chi connectivity index (χ2v) is 5.73. The van der Waals surface area contributed by atoms with Gasteiger partial charge >= 0.3 is 0 Å². The maximum Gasteiger partial charge on any atom is 0.128 e. The molecule has 1 N–H and O–H groups in total. The van der Waals surface area contributed by atoms with Crippen molar-refractivity contribution in [2.75, 3.05) is 18.0 Å². The largest absolute Gasteiger partial charge is 0.357 e. The van der Waals surface area contributed by atoms with E-state index < -0.39 is 0 Å². The molecule has 0 aliphatic carbocycles. The van der Waals surface area contributed by atoms with Gasteiger partial charge in [-0.1, -0.05) is 20.8 Å². The van der Waals surface area contributed by atoms with E-state index >= 15 is 0 Å². The molecule has 1 aromatic heterocycles. The van der Waals surface area contributed by atoms with Gasteiger partial charge in [-0.25, -0.2) is 4.98 Å². The molecule has 0 aromatic carbocycles. The SMILES string of the molecule is CC1CCN(c2cc(CNC(C)C)ccn2)CC1. The van der Waals surface area contributed by atoms with Gasteiger partial charge in [0.1, 0.15) is 5.82 Å². The van der Waals surface area contributed by atoms with Crippen LogP contribution in [0.2, 0.25) is 0 Å². The van der Waals surface area contributed by atoms with Crippen LogP contribution in [0.25, 0.3) is 0 Å². The average molecular weight is 247 g/mol. The van der Waals surface area contributed by atoms with Crippen molar-refractivity contribution < 1.29 is 0 Å².